The van der Waals surface area contributed by atoms with Gasteiger partial charge in [-0.25, -0.2) is 4.90 Å². The lowest BCUT2D eigenvalue weighted by atomic mass is 9.47. The summed E-state index contributed by atoms with van der Waals surface area (Å²) in [6.45, 7) is 2.55. The highest BCUT2D eigenvalue weighted by molar-refractivity contribution is 6.25. The van der Waals surface area contributed by atoms with Gasteiger partial charge >= 0.3 is 0 Å². The van der Waals surface area contributed by atoms with Crippen molar-refractivity contribution in [3.8, 4) is 5.75 Å². The van der Waals surface area contributed by atoms with E-state index in [1.54, 1.807) is 0 Å². The van der Waals surface area contributed by atoms with Crippen LogP contribution >= 0.6 is 0 Å². The van der Waals surface area contributed by atoms with Crippen LogP contribution in [-0.4, -0.2) is 24.6 Å². The van der Waals surface area contributed by atoms with Crippen molar-refractivity contribution in [2.75, 3.05) is 11.5 Å². The fourth-order valence-electron chi connectivity index (χ4n) is 6.85. The third kappa shape index (κ3) is 3.02. The zero-order chi connectivity index (χ0) is 25.9. The standard InChI is InChI=1S/C33H26N2O3/c1-2-38-23-18-16-21(17-19-23)34-20-33-26-14-8-6-12-24(26)28(25-13-7-9-15-27(25)33)29-30(33)32(37)35(31(29)36)22-10-4-3-5-11-22/h3-20,28-30H,2H2,1H3/t28?,29-,30-,33?/m0/s1. The summed E-state index contributed by atoms with van der Waals surface area (Å²) in [5.74, 6) is -0.792. The number of benzene rings is 4. The molecule has 1 heterocycles. The van der Waals surface area contributed by atoms with Crippen LogP contribution < -0.4 is 9.64 Å². The average Bonchev–Trinajstić information content (AvgIpc) is 3.24. The topological polar surface area (TPSA) is 59.0 Å². The van der Waals surface area contributed by atoms with Gasteiger partial charge in [-0.3, -0.25) is 14.6 Å². The zero-order valence-corrected chi connectivity index (χ0v) is 21.0. The lowest BCUT2D eigenvalue weighted by molar-refractivity contribution is -0.122. The van der Waals surface area contributed by atoms with Crippen LogP contribution in [0, 0.1) is 11.8 Å². The molecular formula is C33H26N2O3. The quantitative estimate of drug-likeness (QED) is 0.249. The molecule has 0 saturated carbocycles. The molecule has 4 aromatic carbocycles. The molecule has 1 fully saturated rings. The monoisotopic (exact) mass is 498 g/mol. The normalized spacial score (nSPS) is 24.9. The molecule has 1 saturated heterocycles. The fraction of sp³-hybridized carbons (Fsp3) is 0.182. The van der Waals surface area contributed by atoms with E-state index in [0.717, 1.165) is 33.7 Å². The minimum Gasteiger partial charge on any atom is -0.494 e. The third-order valence-electron chi connectivity index (χ3n) is 8.26. The van der Waals surface area contributed by atoms with E-state index in [1.807, 2.05) is 92.0 Å². The molecule has 0 radical (unpaired) electrons. The lowest BCUT2D eigenvalue weighted by Crippen LogP contribution is -2.54. The maximum atomic E-state index is 14.3. The fourth-order valence-corrected chi connectivity index (χ4v) is 6.85. The maximum Gasteiger partial charge on any atom is 0.239 e. The number of hydrogen-bond donors (Lipinski definition) is 0. The molecule has 2 amide bonds. The molecule has 8 rings (SSSR count). The maximum absolute atomic E-state index is 14.3. The first kappa shape index (κ1) is 22.7. The number of carbonyl (C=O) groups is 2. The van der Waals surface area contributed by atoms with Gasteiger partial charge in [0.1, 0.15) is 5.75 Å². The molecule has 2 atom stereocenters. The highest BCUT2D eigenvalue weighted by Gasteiger charge is 2.67. The van der Waals surface area contributed by atoms with Gasteiger partial charge < -0.3 is 4.74 Å². The second-order valence-electron chi connectivity index (χ2n) is 10.1. The smallest absolute Gasteiger partial charge is 0.239 e. The molecule has 1 aliphatic heterocycles. The lowest BCUT2D eigenvalue weighted by Gasteiger charge is -2.52. The summed E-state index contributed by atoms with van der Waals surface area (Å²) in [5, 5.41) is 0. The van der Waals surface area contributed by atoms with Crippen molar-refractivity contribution in [1.29, 1.82) is 0 Å². The second-order valence-corrected chi connectivity index (χ2v) is 10.1. The van der Waals surface area contributed by atoms with E-state index in [-0.39, 0.29) is 17.7 Å². The Morgan fingerprint density at radius 1 is 0.789 bits per heavy atom. The molecular weight excluding hydrogens is 472 g/mol. The predicted octanol–water partition coefficient (Wildman–Crippen LogP) is 6.04. The van der Waals surface area contributed by atoms with Crippen LogP contribution in [0.1, 0.15) is 35.1 Å². The minimum absolute atomic E-state index is 0.140. The molecule has 0 spiro atoms. The number of amides is 2. The summed E-state index contributed by atoms with van der Waals surface area (Å²) in [6.07, 6.45) is 1.92. The van der Waals surface area contributed by atoms with Crippen molar-refractivity contribution in [2.24, 2.45) is 16.8 Å². The van der Waals surface area contributed by atoms with Crippen LogP contribution in [0.15, 0.2) is 108 Å². The van der Waals surface area contributed by atoms with Gasteiger partial charge in [-0.1, -0.05) is 66.7 Å². The predicted molar refractivity (Wildman–Crippen MR) is 147 cm³/mol. The summed E-state index contributed by atoms with van der Waals surface area (Å²) in [4.78, 5) is 34.8. The largest absolute Gasteiger partial charge is 0.494 e. The highest BCUT2D eigenvalue weighted by atomic mass is 16.5. The number of hydrogen-bond acceptors (Lipinski definition) is 4. The van der Waals surface area contributed by atoms with Crippen molar-refractivity contribution in [3.05, 3.63) is 125 Å². The number of para-hydroxylation sites is 1. The number of carbonyl (C=O) groups excluding carboxylic acids is 2. The first-order valence-electron chi connectivity index (χ1n) is 13.0. The van der Waals surface area contributed by atoms with Gasteiger partial charge in [0.05, 0.1) is 35.2 Å². The molecule has 38 heavy (non-hydrogen) atoms. The molecule has 0 unspecified atom stereocenters. The Hall–Kier alpha value is -4.51. The summed E-state index contributed by atoms with van der Waals surface area (Å²) < 4.78 is 5.59. The molecule has 0 aromatic heterocycles. The second kappa shape index (κ2) is 8.52. The van der Waals surface area contributed by atoms with Crippen LogP contribution in [0.5, 0.6) is 5.75 Å². The van der Waals surface area contributed by atoms with Gasteiger partial charge in [-0.15, -0.1) is 0 Å². The number of aliphatic imine (C=N–C) groups is 1. The Kier molecular flexibility index (Phi) is 5.08. The number of rotatable bonds is 5. The van der Waals surface area contributed by atoms with Crippen LogP contribution in [-0.2, 0) is 15.0 Å². The SMILES string of the molecule is CCOc1ccc(N=CC23c4ccccc4C(c4ccccc42)[C@@H]2C(=O)N(c4ccccc4)C(=O)[C@H]23)cc1. The van der Waals surface area contributed by atoms with E-state index in [0.29, 0.717) is 12.3 Å². The molecule has 186 valence electrons. The number of nitrogens with zero attached hydrogens (tertiary/aromatic N) is 2. The van der Waals surface area contributed by atoms with Crippen LogP contribution in [0.2, 0.25) is 0 Å². The summed E-state index contributed by atoms with van der Waals surface area (Å²) in [6, 6.07) is 33.4. The van der Waals surface area contributed by atoms with Crippen LogP contribution in [0.4, 0.5) is 11.4 Å². The molecule has 4 aliphatic rings. The molecule has 0 N–H and O–H groups in total. The first-order valence-corrected chi connectivity index (χ1v) is 13.0. The summed E-state index contributed by atoms with van der Waals surface area (Å²) >= 11 is 0. The van der Waals surface area contributed by atoms with Gasteiger partial charge in [0.25, 0.3) is 0 Å². The van der Waals surface area contributed by atoms with Gasteiger partial charge in [0, 0.05) is 12.1 Å². The van der Waals surface area contributed by atoms with Crippen molar-refractivity contribution in [3.63, 3.8) is 0 Å². The van der Waals surface area contributed by atoms with E-state index >= 15 is 0 Å². The Morgan fingerprint density at radius 3 is 2.03 bits per heavy atom. The zero-order valence-electron chi connectivity index (χ0n) is 21.0. The molecule has 3 aliphatic carbocycles. The Bertz CT molecular complexity index is 1540. The Labute approximate surface area is 221 Å². The van der Waals surface area contributed by atoms with Gasteiger partial charge in [0.2, 0.25) is 11.8 Å². The Morgan fingerprint density at radius 2 is 1.39 bits per heavy atom. The summed E-state index contributed by atoms with van der Waals surface area (Å²) in [7, 11) is 0. The Balaban J connectivity index is 1.46. The van der Waals surface area contributed by atoms with E-state index in [9.17, 15) is 9.59 Å². The van der Waals surface area contributed by atoms with Gasteiger partial charge in [0.15, 0.2) is 0 Å². The van der Waals surface area contributed by atoms with E-state index in [1.165, 1.54) is 4.90 Å². The third-order valence-corrected chi connectivity index (χ3v) is 8.26. The van der Waals surface area contributed by atoms with Crippen molar-refractivity contribution < 1.29 is 14.3 Å². The van der Waals surface area contributed by atoms with E-state index in [2.05, 4.69) is 24.3 Å². The highest BCUT2D eigenvalue weighted by Crippen LogP contribution is 2.63. The number of imide groups is 1. The van der Waals surface area contributed by atoms with E-state index < -0.39 is 17.3 Å². The molecule has 5 nitrogen and oxygen atoms in total. The average molecular weight is 499 g/mol. The van der Waals surface area contributed by atoms with Crippen molar-refractivity contribution in [1.82, 2.24) is 0 Å². The van der Waals surface area contributed by atoms with Gasteiger partial charge in [-0.2, -0.15) is 0 Å². The molecule has 4 aromatic rings. The molecule has 2 bridgehead atoms. The minimum atomic E-state index is -0.874. The molecule has 5 heteroatoms. The van der Waals surface area contributed by atoms with Crippen molar-refractivity contribution >= 4 is 29.4 Å². The van der Waals surface area contributed by atoms with Crippen LogP contribution in [0.3, 0.4) is 0 Å². The van der Waals surface area contributed by atoms with E-state index in [4.69, 9.17) is 9.73 Å². The first-order chi connectivity index (χ1) is 18.6. The summed E-state index contributed by atoms with van der Waals surface area (Å²) in [5.41, 5.74) is 4.80. The van der Waals surface area contributed by atoms with Crippen LogP contribution in [0.25, 0.3) is 0 Å². The van der Waals surface area contributed by atoms with Crippen molar-refractivity contribution in [2.45, 2.75) is 18.3 Å². The van der Waals surface area contributed by atoms with Gasteiger partial charge in [-0.05, 0) is 65.6 Å². The number of ether oxygens (including phenoxy) is 1. The number of anilines is 1.